The fourth-order valence-electron chi connectivity index (χ4n) is 2.56. The van der Waals surface area contributed by atoms with Crippen LogP contribution in [0, 0.1) is 6.92 Å². The van der Waals surface area contributed by atoms with Gasteiger partial charge in [-0.3, -0.25) is 4.79 Å². The van der Waals surface area contributed by atoms with Crippen LogP contribution in [0.4, 0.5) is 10.5 Å². The lowest BCUT2D eigenvalue weighted by Crippen LogP contribution is -2.35. The number of anilines is 1. The Balaban J connectivity index is 2.39. The Morgan fingerprint density at radius 3 is 2.42 bits per heavy atom. The molecule has 3 amide bonds. The fraction of sp³-hybridized carbons (Fsp3) is 0.467. The summed E-state index contributed by atoms with van der Waals surface area (Å²) in [6, 6.07) is 7.00. The summed E-state index contributed by atoms with van der Waals surface area (Å²) in [5.41, 5.74) is 1.65. The van der Waals surface area contributed by atoms with E-state index >= 15 is 0 Å². The number of hydrogen-bond donors (Lipinski definition) is 0. The first-order chi connectivity index (χ1) is 9.11. The van der Waals surface area contributed by atoms with E-state index in [4.69, 9.17) is 0 Å². The van der Waals surface area contributed by atoms with Crippen LogP contribution in [0.15, 0.2) is 24.3 Å². The summed E-state index contributed by atoms with van der Waals surface area (Å²) in [4.78, 5) is 27.9. The first-order valence-electron chi connectivity index (χ1n) is 6.82. The number of carbonyl (C=O) groups excluding carboxylic acids is 2. The van der Waals surface area contributed by atoms with Crippen LogP contribution in [0.25, 0.3) is 0 Å². The molecule has 1 aliphatic heterocycles. The summed E-state index contributed by atoms with van der Waals surface area (Å²) < 4.78 is 0. The van der Waals surface area contributed by atoms with Crippen LogP contribution in [0.1, 0.15) is 32.3 Å². The molecule has 2 rings (SSSR count). The Labute approximate surface area is 114 Å². The van der Waals surface area contributed by atoms with E-state index in [1.165, 1.54) is 4.90 Å². The number of carbonyl (C=O) groups is 2. The van der Waals surface area contributed by atoms with Crippen molar-refractivity contribution in [2.45, 2.75) is 39.7 Å². The number of hydrogen-bond acceptors (Lipinski definition) is 2. The molecule has 102 valence electrons. The van der Waals surface area contributed by atoms with Crippen LogP contribution in [0.2, 0.25) is 0 Å². The number of urea groups is 1. The Morgan fingerprint density at radius 1 is 1.16 bits per heavy atom. The van der Waals surface area contributed by atoms with Crippen molar-refractivity contribution in [2.75, 3.05) is 11.4 Å². The summed E-state index contributed by atoms with van der Waals surface area (Å²) in [7, 11) is 0. The predicted molar refractivity (Wildman–Crippen MR) is 75.1 cm³/mol. The van der Waals surface area contributed by atoms with Crippen molar-refractivity contribution in [3.8, 4) is 0 Å². The molecule has 0 saturated carbocycles. The molecular formula is C15H20N2O2. The molecule has 4 nitrogen and oxygen atoms in total. The van der Waals surface area contributed by atoms with Crippen LogP contribution in [0.5, 0.6) is 0 Å². The second kappa shape index (κ2) is 5.43. The van der Waals surface area contributed by atoms with E-state index in [9.17, 15) is 9.59 Å². The highest BCUT2D eigenvalue weighted by Crippen LogP contribution is 2.28. The van der Waals surface area contributed by atoms with Gasteiger partial charge in [0.2, 0.25) is 0 Å². The van der Waals surface area contributed by atoms with Crippen LogP contribution in [-0.4, -0.2) is 29.4 Å². The van der Waals surface area contributed by atoms with Crippen LogP contribution >= 0.6 is 0 Å². The zero-order chi connectivity index (χ0) is 14.0. The maximum absolute atomic E-state index is 12.5. The van der Waals surface area contributed by atoms with Gasteiger partial charge < -0.3 is 4.90 Å². The van der Waals surface area contributed by atoms with Crippen LogP contribution in [-0.2, 0) is 4.79 Å². The van der Waals surface area contributed by atoms with Crippen molar-refractivity contribution < 1.29 is 9.59 Å². The minimum Gasteiger partial charge on any atom is -0.312 e. The highest BCUT2D eigenvalue weighted by atomic mass is 16.2. The Morgan fingerprint density at radius 2 is 1.84 bits per heavy atom. The van der Waals surface area contributed by atoms with E-state index in [1.807, 2.05) is 45.0 Å². The summed E-state index contributed by atoms with van der Waals surface area (Å²) in [5, 5.41) is 0. The van der Waals surface area contributed by atoms with Crippen molar-refractivity contribution in [3.63, 3.8) is 0 Å². The second-order valence-electron chi connectivity index (χ2n) is 4.86. The molecular weight excluding hydrogens is 240 g/mol. The Hall–Kier alpha value is -1.84. The molecule has 0 spiro atoms. The summed E-state index contributed by atoms with van der Waals surface area (Å²) in [6.45, 7) is 6.51. The first kappa shape index (κ1) is 13.6. The van der Waals surface area contributed by atoms with Gasteiger partial charge in [0, 0.05) is 6.54 Å². The molecule has 0 N–H and O–H groups in total. The molecule has 0 aromatic heterocycles. The number of aryl methyl sites for hydroxylation is 1. The zero-order valence-corrected chi connectivity index (χ0v) is 11.7. The molecule has 1 saturated heterocycles. The van der Waals surface area contributed by atoms with E-state index in [0.29, 0.717) is 18.7 Å². The van der Waals surface area contributed by atoms with E-state index < -0.39 is 0 Å². The molecule has 1 aromatic carbocycles. The molecule has 1 atom stereocenters. The number of imide groups is 1. The lowest BCUT2D eigenvalue weighted by atomic mass is 10.1. The average Bonchev–Trinajstić information content (AvgIpc) is 2.63. The van der Waals surface area contributed by atoms with Crippen molar-refractivity contribution >= 4 is 17.6 Å². The minimum absolute atomic E-state index is 0.102. The van der Waals surface area contributed by atoms with Crippen molar-refractivity contribution in [2.24, 2.45) is 0 Å². The van der Waals surface area contributed by atoms with E-state index in [2.05, 4.69) is 0 Å². The predicted octanol–water partition coefficient (Wildman–Crippen LogP) is 2.95. The maximum atomic E-state index is 12.5. The van der Waals surface area contributed by atoms with E-state index in [1.54, 1.807) is 4.90 Å². The molecule has 1 fully saturated rings. The SMILES string of the molecule is CCCN1C(=O)N(c2ccccc2C)C(=O)[C@@H]1CC. The van der Waals surface area contributed by atoms with Gasteiger partial charge in [-0.25, -0.2) is 9.69 Å². The van der Waals surface area contributed by atoms with E-state index in [-0.39, 0.29) is 18.0 Å². The van der Waals surface area contributed by atoms with Gasteiger partial charge in [0.1, 0.15) is 6.04 Å². The number of benzene rings is 1. The maximum Gasteiger partial charge on any atom is 0.332 e. The van der Waals surface area contributed by atoms with Crippen molar-refractivity contribution in [1.29, 1.82) is 0 Å². The number of amides is 3. The molecule has 0 radical (unpaired) electrons. The zero-order valence-electron chi connectivity index (χ0n) is 11.7. The minimum atomic E-state index is -0.313. The van der Waals surface area contributed by atoms with Gasteiger partial charge in [-0.2, -0.15) is 0 Å². The quantitative estimate of drug-likeness (QED) is 0.781. The van der Waals surface area contributed by atoms with Crippen LogP contribution in [0.3, 0.4) is 0 Å². The van der Waals surface area contributed by atoms with Gasteiger partial charge in [-0.05, 0) is 31.4 Å². The second-order valence-corrected chi connectivity index (χ2v) is 4.86. The van der Waals surface area contributed by atoms with Gasteiger partial charge in [0.15, 0.2) is 0 Å². The fourth-order valence-corrected chi connectivity index (χ4v) is 2.56. The van der Waals surface area contributed by atoms with Crippen molar-refractivity contribution in [3.05, 3.63) is 29.8 Å². The van der Waals surface area contributed by atoms with Crippen LogP contribution < -0.4 is 4.90 Å². The van der Waals surface area contributed by atoms with E-state index in [0.717, 1.165) is 12.0 Å². The molecule has 0 unspecified atom stereocenters. The third-order valence-corrected chi connectivity index (χ3v) is 3.53. The topological polar surface area (TPSA) is 40.6 Å². The molecule has 0 aliphatic carbocycles. The third kappa shape index (κ3) is 2.23. The summed E-state index contributed by atoms with van der Waals surface area (Å²) in [5.74, 6) is -0.102. The Bertz CT molecular complexity index is 499. The largest absolute Gasteiger partial charge is 0.332 e. The number of rotatable bonds is 4. The molecule has 19 heavy (non-hydrogen) atoms. The van der Waals surface area contributed by atoms with Gasteiger partial charge in [-0.1, -0.05) is 32.0 Å². The third-order valence-electron chi connectivity index (χ3n) is 3.53. The Kier molecular flexibility index (Phi) is 3.88. The summed E-state index contributed by atoms with van der Waals surface area (Å²) >= 11 is 0. The lowest BCUT2D eigenvalue weighted by Gasteiger charge is -2.20. The number of nitrogens with zero attached hydrogens (tertiary/aromatic N) is 2. The van der Waals surface area contributed by atoms with Gasteiger partial charge in [0.05, 0.1) is 5.69 Å². The highest BCUT2D eigenvalue weighted by molar-refractivity contribution is 6.21. The smallest absolute Gasteiger partial charge is 0.312 e. The monoisotopic (exact) mass is 260 g/mol. The number of para-hydroxylation sites is 1. The molecule has 0 bridgehead atoms. The van der Waals surface area contributed by atoms with Gasteiger partial charge in [0.25, 0.3) is 5.91 Å². The molecule has 4 heteroatoms. The molecule has 1 aliphatic rings. The van der Waals surface area contributed by atoms with Crippen molar-refractivity contribution in [1.82, 2.24) is 4.90 Å². The normalized spacial score (nSPS) is 19.4. The van der Waals surface area contributed by atoms with Gasteiger partial charge in [-0.15, -0.1) is 0 Å². The average molecular weight is 260 g/mol. The molecule has 1 aromatic rings. The lowest BCUT2D eigenvalue weighted by molar-refractivity contribution is -0.119. The highest BCUT2D eigenvalue weighted by Gasteiger charge is 2.44. The standard InChI is InChI=1S/C15H20N2O2/c1-4-10-16-12(5-2)14(18)17(15(16)19)13-9-7-6-8-11(13)3/h6-9,12H,4-5,10H2,1-3H3/t12-/m0/s1. The first-order valence-corrected chi connectivity index (χ1v) is 6.82. The summed E-state index contributed by atoms with van der Waals surface area (Å²) in [6.07, 6.45) is 1.52. The van der Waals surface area contributed by atoms with Gasteiger partial charge >= 0.3 is 6.03 Å². The molecule has 1 heterocycles.